The van der Waals surface area contributed by atoms with Gasteiger partial charge in [0, 0.05) is 19.3 Å². The van der Waals surface area contributed by atoms with Gasteiger partial charge in [-0.2, -0.15) is 0 Å². The lowest BCUT2D eigenvalue weighted by Gasteiger charge is -2.18. The summed E-state index contributed by atoms with van der Waals surface area (Å²) in [5.74, 6) is -0.900. The number of rotatable bonds is 48. The average molecular weight is 893 g/mol. The minimum absolute atomic E-state index is 0.0780. The summed E-state index contributed by atoms with van der Waals surface area (Å²) in [6.45, 7) is 6.41. The van der Waals surface area contributed by atoms with Gasteiger partial charge in [-0.3, -0.25) is 14.4 Å². The summed E-state index contributed by atoms with van der Waals surface area (Å²) in [5, 5.41) is 0. The first kappa shape index (κ1) is 60.9. The Hall–Kier alpha value is -3.15. The largest absolute Gasteiger partial charge is 0.462 e. The fraction of sp³-hybridized carbons (Fsp3) is 0.741. The number of allylic oxidation sites excluding steroid dienone is 12. The molecule has 0 aromatic rings. The predicted octanol–water partition coefficient (Wildman–Crippen LogP) is 17.8. The van der Waals surface area contributed by atoms with Crippen molar-refractivity contribution in [2.75, 3.05) is 13.2 Å². The zero-order chi connectivity index (χ0) is 46.5. The summed E-state index contributed by atoms with van der Waals surface area (Å²) < 4.78 is 16.6. The molecule has 0 aliphatic carbocycles. The molecule has 0 amide bonds. The van der Waals surface area contributed by atoms with Gasteiger partial charge in [0.25, 0.3) is 0 Å². The summed E-state index contributed by atoms with van der Waals surface area (Å²) in [6.07, 6.45) is 66.6. The Morgan fingerprint density at radius 1 is 0.328 bits per heavy atom. The second-order valence-electron chi connectivity index (χ2n) is 17.8. The van der Waals surface area contributed by atoms with Crippen LogP contribution in [0.25, 0.3) is 0 Å². The van der Waals surface area contributed by atoms with Crippen LogP contribution in [0.1, 0.15) is 258 Å². The maximum absolute atomic E-state index is 12.7. The Labute approximate surface area is 395 Å². The van der Waals surface area contributed by atoms with E-state index >= 15 is 0 Å². The molecule has 1 atom stereocenters. The Kier molecular flexibility index (Phi) is 49.9. The fourth-order valence-corrected chi connectivity index (χ4v) is 7.40. The molecule has 64 heavy (non-hydrogen) atoms. The smallest absolute Gasteiger partial charge is 0.306 e. The van der Waals surface area contributed by atoms with Gasteiger partial charge in [0.1, 0.15) is 13.2 Å². The van der Waals surface area contributed by atoms with Crippen molar-refractivity contribution in [2.45, 2.75) is 264 Å². The van der Waals surface area contributed by atoms with Crippen molar-refractivity contribution < 1.29 is 28.6 Å². The van der Waals surface area contributed by atoms with Crippen LogP contribution in [0.2, 0.25) is 0 Å². The molecule has 0 radical (unpaired) electrons. The molecule has 0 saturated carbocycles. The number of carbonyl (C=O) groups excluding carboxylic acids is 3. The van der Waals surface area contributed by atoms with E-state index in [1.807, 2.05) is 0 Å². The van der Waals surface area contributed by atoms with E-state index in [0.717, 1.165) is 109 Å². The number of carbonyl (C=O) groups is 3. The van der Waals surface area contributed by atoms with Crippen LogP contribution in [-0.4, -0.2) is 37.2 Å². The molecule has 0 N–H and O–H groups in total. The molecule has 0 aliphatic rings. The lowest BCUT2D eigenvalue weighted by atomic mass is 10.0. The Morgan fingerprint density at radius 3 is 1.00 bits per heavy atom. The van der Waals surface area contributed by atoms with Crippen molar-refractivity contribution in [3.05, 3.63) is 72.9 Å². The number of unbranched alkanes of at least 4 members (excludes halogenated alkanes) is 25. The van der Waals surface area contributed by atoms with E-state index < -0.39 is 6.10 Å². The first-order valence-corrected chi connectivity index (χ1v) is 26.9. The Morgan fingerprint density at radius 2 is 0.609 bits per heavy atom. The first-order chi connectivity index (χ1) is 31.5. The van der Waals surface area contributed by atoms with Crippen molar-refractivity contribution in [3.8, 4) is 0 Å². The van der Waals surface area contributed by atoms with Crippen molar-refractivity contribution in [3.63, 3.8) is 0 Å². The molecule has 1 unspecified atom stereocenters. The van der Waals surface area contributed by atoms with E-state index in [9.17, 15) is 14.4 Å². The van der Waals surface area contributed by atoms with Crippen molar-refractivity contribution >= 4 is 17.9 Å². The Balaban J connectivity index is 4.00. The molecule has 0 saturated heterocycles. The van der Waals surface area contributed by atoms with Crippen LogP contribution in [0, 0.1) is 0 Å². The summed E-state index contributed by atoms with van der Waals surface area (Å²) in [6, 6.07) is 0. The lowest BCUT2D eigenvalue weighted by molar-refractivity contribution is -0.167. The highest BCUT2D eigenvalue weighted by molar-refractivity contribution is 5.71. The highest BCUT2D eigenvalue weighted by Crippen LogP contribution is 2.15. The minimum atomic E-state index is -0.773. The summed E-state index contributed by atoms with van der Waals surface area (Å²) in [5.41, 5.74) is 0. The third-order valence-corrected chi connectivity index (χ3v) is 11.4. The van der Waals surface area contributed by atoms with Crippen LogP contribution >= 0.6 is 0 Å². The van der Waals surface area contributed by atoms with Crippen LogP contribution in [0.5, 0.6) is 0 Å². The van der Waals surface area contributed by atoms with Gasteiger partial charge in [0.05, 0.1) is 0 Å². The molecular weight excluding hydrogens is 793 g/mol. The van der Waals surface area contributed by atoms with Gasteiger partial charge in [0.15, 0.2) is 6.10 Å². The van der Waals surface area contributed by atoms with Gasteiger partial charge in [-0.15, -0.1) is 0 Å². The van der Waals surface area contributed by atoms with Crippen LogP contribution in [0.4, 0.5) is 0 Å². The molecule has 0 aliphatic heterocycles. The van der Waals surface area contributed by atoms with Crippen LogP contribution < -0.4 is 0 Å². The molecule has 368 valence electrons. The number of hydrogen-bond acceptors (Lipinski definition) is 6. The van der Waals surface area contributed by atoms with Gasteiger partial charge in [0.2, 0.25) is 0 Å². The van der Waals surface area contributed by atoms with Crippen molar-refractivity contribution in [1.29, 1.82) is 0 Å². The predicted molar refractivity (Wildman–Crippen MR) is 274 cm³/mol. The molecule has 0 spiro atoms. The molecule has 0 bridgehead atoms. The summed E-state index contributed by atoms with van der Waals surface area (Å²) in [7, 11) is 0. The van der Waals surface area contributed by atoms with E-state index in [4.69, 9.17) is 14.2 Å². The van der Waals surface area contributed by atoms with Crippen molar-refractivity contribution in [2.24, 2.45) is 0 Å². The van der Waals surface area contributed by atoms with Crippen LogP contribution in [0.3, 0.4) is 0 Å². The molecule has 0 aromatic carbocycles. The van der Waals surface area contributed by atoms with Gasteiger partial charge in [-0.1, -0.05) is 222 Å². The second kappa shape index (κ2) is 52.5. The van der Waals surface area contributed by atoms with Crippen LogP contribution in [0.15, 0.2) is 72.9 Å². The monoisotopic (exact) mass is 893 g/mol. The van der Waals surface area contributed by atoms with E-state index in [1.165, 1.54) is 109 Å². The zero-order valence-electron chi connectivity index (χ0n) is 42.0. The van der Waals surface area contributed by atoms with E-state index in [-0.39, 0.29) is 31.1 Å². The van der Waals surface area contributed by atoms with Gasteiger partial charge >= 0.3 is 17.9 Å². The third kappa shape index (κ3) is 49.9. The molecule has 0 fully saturated rings. The summed E-state index contributed by atoms with van der Waals surface area (Å²) in [4.78, 5) is 37.6. The normalized spacial score (nSPS) is 12.6. The number of hydrogen-bond donors (Lipinski definition) is 0. The first-order valence-electron chi connectivity index (χ1n) is 26.9. The highest BCUT2D eigenvalue weighted by atomic mass is 16.6. The van der Waals surface area contributed by atoms with Gasteiger partial charge in [-0.25, -0.2) is 0 Å². The molecule has 6 heteroatoms. The van der Waals surface area contributed by atoms with E-state index in [2.05, 4.69) is 93.7 Å². The quantitative estimate of drug-likeness (QED) is 0.0262. The second-order valence-corrected chi connectivity index (χ2v) is 17.8. The summed E-state index contributed by atoms with van der Waals surface area (Å²) >= 11 is 0. The lowest BCUT2D eigenvalue weighted by Crippen LogP contribution is -2.30. The molecule has 0 heterocycles. The molecule has 0 aromatic heterocycles. The standard InChI is InChI=1S/C58H100O6/c1-4-7-10-13-15-17-19-21-22-23-24-25-26-27-28-29-30-31-32-33-34-35-36-37-39-40-42-45-48-51-57(60)63-54-55(53-62-56(59)50-47-44-12-9-6-3)64-58(61)52-49-46-43-41-38-20-18-16-14-11-8-5-2/h7,10,15-18,21-22,24-25,27-28,55H,4-6,8-9,11-14,19-20,23,26,29-54H2,1-3H3/b10-7-,17-15-,18-16-,22-21-,25-24-,28-27-. The molecule has 6 nitrogen and oxygen atoms in total. The zero-order valence-corrected chi connectivity index (χ0v) is 42.0. The topological polar surface area (TPSA) is 78.9 Å². The van der Waals surface area contributed by atoms with Crippen LogP contribution in [-0.2, 0) is 28.6 Å². The van der Waals surface area contributed by atoms with E-state index in [0.29, 0.717) is 19.3 Å². The fourth-order valence-electron chi connectivity index (χ4n) is 7.40. The van der Waals surface area contributed by atoms with Gasteiger partial charge < -0.3 is 14.2 Å². The SMILES string of the molecule is CC/C=C\C/C=C\C/C=C\C/C=C\C/C=C\CCCCCCCCCCCCCCCC(=O)OCC(COC(=O)CCCCCCC)OC(=O)CCCCCCC/C=C\CCCCC. The molecule has 0 rings (SSSR count). The third-order valence-electron chi connectivity index (χ3n) is 11.4. The minimum Gasteiger partial charge on any atom is -0.462 e. The molecular formula is C58H100O6. The van der Waals surface area contributed by atoms with Crippen molar-refractivity contribution in [1.82, 2.24) is 0 Å². The average Bonchev–Trinajstić information content (AvgIpc) is 3.29. The Bertz CT molecular complexity index is 1210. The maximum atomic E-state index is 12.7. The highest BCUT2D eigenvalue weighted by Gasteiger charge is 2.19. The maximum Gasteiger partial charge on any atom is 0.306 e. The van der Waals surface area contributed by atoms with E-state index in [1.54, 1.807) is 0 Å². The van der Waals surface area contributed by atoms with Gasteiger partial charge in [-0.05, 0) is 89.9 Å². The number of esters is 3. The number of ether oxygens (including phenoxy) is 3.